The van der Waals surface area contributed by atoms with Gasteiger partial charge in [-0.3, -0.25) is 4.18 Å². The summed E-state index contributed by atoms with van der Waals surface area (Å²) in [6.07, 6.45) is 34.8. The summed E-state index contributed by atoms with van der Waals surface area (Å²) in [4.78, 5) is 0. The van der Waals surface area contributed by atoms with Gasteiger partial charge in [0.2, 0.25) is 0 Å². The molecule has 0 atom stereocenters. The van der Waals surface area contributed by atoms with Crippen LogP contribution in [0, 0.1) is 0 Å². The minimum atomic E-state index is -3.38. The van der Waals surface area contributed by atoms with Crippen molar-refractivity contribution in [2.45, 2.75) is 166 Å². The van der Waals surface area contributed by atoms with E-state index in [0.29, 0.717) is 6.42 Å². The fraction of sp³-hybridized carbons (Fsp3) is 0.628. The second-order valence-electron chi connectivity index (χ2n) is 14.0. The van der Waals surface area contributed by atoms with Crippen molar-refractivity contribution in [2.24, 2.45) is 0 Å². The molecule has 0 N–H and O–H groups in total. The van der Waals surface area contributed by atoms with Crippen molar-refractivity contribution < 1.29 is 12.6 Å². The molecule has 4 heteroatoms. The number of allylic oxidation sites excluding steroid dienone is 15. The highest BCUT2D eigenvalue weighted by Crippen LogP contribution is 2.17. The van der Waals surface area contributed by atoms with Gasteiger partial charge in [0.05, 0.1) is 12.4 Å². The monoisotopic (exact) mass is 669 g/mol. The average Bonchev–Trinajstić information content (AvgIpc) is 2.97. The van der Waals surface area contributed by atoms with E-state index in [9.17, 15) is 8.42 Å². The predicted molar refractivity (Wildman–Crippen MR) is 210 cm³/mol. The van der Waals surface area contributed by atoms with Crippen LogP contribution < -0.4 is 0 Å². The third-order valence-electron chi connectivity index (χ3n) is 8.41. The molecule has 268 valence electrons. The molecule has 0 rings (SSSR count). The summed E-state index contributed by atoms with van der Waals surface area (Å²) in [5.41, 5.74) is 11.5. The van der Waals surface area contributed by atoms with Crippen molar-refractivity contribution in [3.63, 3.8) is 0 Å². The van der Waals surface area contributed by atoms with Crippen molar-refractivity contribution in [2.75, 3.05) is 12.4 Å². The SMILES string of the molecule is CCCS(=O)(=O)OC/C=C(\C)CC/C=C(\C)CCC=C(C)CCC=C(C)CCC=C(C)CCC=C(C)CCC=C(C)CCC=C(C)C. The topological polar surface area (TPSA) is 43.4 Å². The standard InChI is InChI=1S/C43H72O3S/c1-11-35-47(44,45)46-34-33-43(10)32-18-31-42(9)30-17-29-41(8)28-16-27-40(7)26-15-25-39(6)24-14-23-38(5)22-13-21-37(4)20-12-19-36(2)3/h19,21,23,25,27,29,31,33H,11-18,20,22,24,26,28,30,32,34-35H2,1-10H3/b37-21?,38-23?,39-25?,40-27?,41-29?,42-31+,43-33+. The molecule has 0 fully saturated rings. The lowest BCUT2D eigenvalue weighted by molar-refractivity contribution is 0.356. The van der Waals surface area contributed by atoms with Crippen molar-refractivity contribution >= 4 is 10.1 Å². The third-order valence-corrected chi connectivity index (χ3v) is 9.82. The van der Waals surface area contributed by atoms with Crippen molar-refractivity contribution in [1.29, 1.82) is 0 Å². The van der Waals surface area contributed by atoms with E-state index in [1.165, 1.54) is 57.4 Å². The van der Waals surface area contributed by atoms with Gasteiger partial charge in [-0.05, 0) is 159 Å². The fourth-order valence-corrected chi connectivity index (χ4v) is 6.06. The Balaban J connectivity index is 4.24. The average molecular weight is 669 g/mol. The highest BCUT2D eigenvalue weighted by molar-refractivity contribution is 7.86. The minimum Gasteiger partial charge on any atom is -0.266 e. The van der Waals surface area contributed by atoms with E-state index in [2.05, 4.69) is 97.9 Å². The summed E-state index contributed by atoms with van der Waals surface area (Å²) >= 11 is 0. The van der Waals surface area contributed by atoms with Crippen LogP contribution in [-0.2, 0) is 14.3 Å². The Kier molecular flexibility index (Phi) is 26.5. The van der Waals surface area contributed by atoms with Gasteiger partial charge in [0.25, 0.3) is 10.1 Å². The number of hydrogen-bond acceptors (Lipinski definition) is 3. The largest absolute Gasteiger partial charge is 0.267 e. The zero-order valence-corrected chi connectivity index (χ0v) is 33.1. The Morgan fingerprint density at radius 3 is 0.936 bits per heavy atom. The molecular formula is C43H72O3S. The lowest BCUT2D eigenvalue weighted by atomic mass is 10.0. The van der Waals surface area contributed by atoms with E-state index in [4.69, 9.17) is 4.18 Å². The molecule has 0 saturated carbocycles. The second-order valence-corrected chi connectivity index (χ2v) is 15.7. The van der Waals surface area contributed by atoms with E-state index >= 15 is 0 Å². The lowest BCUT2D eigenvalue weighted by Crippen LogP contribution is -2.09. The first-order valence-electron chi connectivity index (χ1n) is 18.3. The van der Waals surface area contributed by atoms with Crippen LogP contribution in [0.3, 0.4) is 0 Å². The first kappa shape index (κ1) is 44.8. The number of hydrogen-bond donors (Lipinski definition) is 0. The highest BCUT2D eigenvalue weighted by Gasteiger charge is 2.07. The summed E-state index contributed by atoms with van der Waals surface area (Å²) in [6, 6.07) is 0. The molecule has 0 amide bonds. The van der Waals surface area contributed by atoms with Crippen LogP contribution in [-0.4, -0.2) is 20.8 Å². The molecule has 0 unspecified atom stereocenters. The molecule has 0 aliphatic carbocycles. The Bertz CT molecular complexity index is 1230. The van der Waals surface area contributed by atoms with E-state index in [0.717, 1.165) is 77.0 Å². The molecule has 47 heavy (non-hydrogen) atoms. The van der Waals surface area contributed by atoms with Crippen LogP contribution in [0.2, 0.25) is 0 Å². The van der Waals surface area contributed by atoms with E-state index in [-0.39, 0.29) is 12.4 Å². The molecule has 0 aliphatic heterocycles. The smallest absolute Gasteiger partial charge is 0.266 e. The highest BCUT2D eigenvalue weighted by atomic mass is 32.2. The summed E-state index contributed by atoms with van der Waals surface area (Å²) in [7, 11) is -3.38. The lowest BCUT2D eigenvalue weighted by Gasteiger charge is -2.04. The zero-order valence-electron chi connectivity index (χ0n) is 32.3. The number of rotatable bonds is 26. The zero-order chi connectivity index (χ0) is 35.5. The molecule has 0 aromatic heterocycles. The third kappa shape index (κ3) is 29.7. The first-order chi connectivity index (χ1) is 22.2. The summed E-state index contributed by atoms with van der Waals surface area (Å²) in [5, 5.41) is 0. The maximum Gasteiger partial charge on any atom is 0.267 e. The first-order valence-corrected chi connectivity index (χ1v) is 19.9. The molecule has 0 aliphatic rings. The molecular weight excluding hydrogens is 597 g/mol. The normalized spacial score (nSPS) is 14.6. The molecule has 3 nitrogen and oxygen atoms in total. The molecule has 0 aromatic rings. The van der Waals surface area contributed by atoms with Gasteiger partial charge in [0, 0.05) is 0 Å². The van der Waals surface area contributed by atoms with Gasteiger partial charge in [-0.2, -0.15) is 8.42 Å². The van der Waals surface area contributed by atoms with Crippen LogP contribution in [0.15, 0.2) is 93.2 Å². The van der Waals surface area contributed by atoms with E-state index in [1.54, 1.807) is 0 Å². The van der Waals surface area contributed by atoms with Crippen molar-refractivity contribution in [3.05, 3.63) is 93.2 Å². The van der Waals surface area contributed by atoms with Gasteiger partial charge < -0.3 is 0 Å². The van der Waals surface area contributed by atoms with Crippen LogP contribution in [0.25, 0.3) is 0 Å². The Morgan fingerprint density at radius 1 is 0.426 bits per heavy atom. The molecule has 0 heterocycles. The Hall–Kier alpha value is -2.17. The van der Waals surface area contributed by atoms with Gasteiger partial charge in [0.1, 0.15) is 0 Å². The van der Waals surface area contributed by atoms with Gasteiger partial charge in [-0.25, -0.2) is 0 Å². The molecule has 0 radical (unpaired) electrons. The second kappa shape index (κ2) is 27.7. The molecule has 0 saturated heterocycles. The molecule has 0 bridgehead atoms. The van der Waals surface area contributed by atoms with Crippen LogP contribution in [0.4, 0.5) is 0 Å². The van der Waals surface area contributed by atoms with Crippen LogP contribution >= 0.6 is 0 Å². The summed E-state index contributed by atoms with van der Waals surface area (Å²) in [6.45, 7) is 21.9. The summed E-state index contributed by atoms with van der Waals surface area (Å²) in [5.74, 6) is 0.0825. The Labute approximate surface area is 292 Å². The maximum absolute atomic E-state index is 11.6. The minimum absolute atomic E-state index is 0.0825. The van der Waals surface area contributed by atoms with Gasteiger partial charge in [-0.15, -0.1) is 0 Å². The van der Waals surface area contributed by atoms with Crippen molar-refractivity contribution in [1.82, 2.24) is 0 Å². The molecule has 0 spiro atoms. The van der Waals surface area contributed by atoms with Gasteiger partial charge in [-0.1, -0.05) is 100 Å². The fourth-order valence-electron chi connectivity index (χ4n) is 5.17. The van der Waals surface area contributed by atoms with E-state index in [1.807, 2.05) is 19.9 Å². The van der Waals surface area contributed by atoms with Gasteiger partial charge in [0.15, 0.2) is 0 Å². The van der Waals surface area contributed by atoms with Crippen LogP contribution in [0.5, 0.6) is 0 Å². The molecule has 0 aromatic carbocycles. The predicted octanol–water partition coefficient (Wildman–Crippen LogP) is 13.8. The van der Waals surface area contributed by atoms with Crippen molar-refractivity contribution in [3.8, 4) is 0 Å². The Morgan fingerprint density at radius 2 is 0.681 bits per heavy atom. The quantitative estimate of drug-likeness (QED) is 0.0680. The van der Waals surface area contributed by atoms with Crippen LogP contribution in [0.1, 0.15) is 166 Å². The van der Waals surface area contributed by atoms with E-state index < -0.39 is 10.1 Å². The summed E-state index contributed by atoms with van der Waals surface area (Å²) < 4.78 is 28.3. The van der Waals surface area contributed by atoms with Gasteiger partial charge >= 0.3 is 0 Å². The maximum atomic E-state index is 11.6.